The maximum absolute atomic E-state index is 12.5. The Kier molecular flexibility index (Phi) is 7.51. The second-order valence-corrected chi connectivity index (χ2v) is 8.25. The second-order valence-electron chi connectivity index (χ2n) is 7.02. The van der Waals surface area contributed by atoms with Crippen LogP contribution in [0.1, 0.15) is 30.6 Å². The number of thioether (sulfide) groups is 1. The number of carbonyl (C=O) groups is 1. The fourth-order valence-electron chi connectivity index (χ4n) is 2.97. The number of carbonyl (C=O) groups excluding carboxylic acids is 1. The molecule has 9 heteroatoms. The summed E-state index contributed by atoms with van der Waals surface area (Å²) < 4.78 is 1.82. The molecule has 2 aromatic heterocycles. The lowest BCUT2D eigenvalue weighted by Crippen LogP contribution is -2.27. The first-order valence-corrected chi connectivity index (χ1v) is 11.2. The summed E-state index contributed by atoms with van der Waals surface area (Å²) in [6, 6.07) is 7.56. The lowest BCUT2D eigenvalue weighted by Gasteiger charge is -2.13. The van der Waals surface area contributed by atoms with E-state index in [4.69, 9.17) is 0 Å². The standard InChI is InChI=1S/C21H29N7OS/c1-5-10-22-18-17-14-24-28(19(17)26-21(25-18)30-6-2)12-11-23-20(29)15-8-7-9-16(13-15)27(3)4/h7-9,13-14H,5-6,10-12H2,1-4H3,(H,23,29)(H,22,25,26). The molecule has 0 bridgehead atoms. The summed E-state index contributed by atoms with van der Waals surface area (Å²) in [5, 5.41) is 12.5. The van der Waals surface area contributed by atoms with Crippen molar-refractivity contribution >= 4 is 40.2 Å². The van der Waals surface area contributed by atoms with Crippen molar-refractivity contribution in [1.82, 2.24) is 25.1 Å². The van der Waals surface area contributed by atoms with E-state index in [0.29, 0.717) is 18.7 Å². The van der Waals surface area contributed by atoms with Crippen LogP contribution < -0.4 is 15.5 Å². The van der Waals surface area contributed by atoms with E-state index in [-0.39, 0.29) is 5.91 Å². The molecule has 1 amide bonds. The van der Waals surface area contributed by atoms with E-state index in [0.717, 1.165) is 46.4 Å². The molecule has 0 atom stereocenters. The maximum Gasteiger partial charge on any atom is 0.251 e. The Bertz CT molecular complexity index is 1000. The molecule has 3 aromatic rings. The predicted octanol–water partition coefficient (Wildman–Crippen LogP) is 3.26. The third kappa shape index (κ3) is 5.21. The van der Waals surface area contributed by atoms with E-state index in [1.165, 1.54) is 0 Å². The van der Waals surface area contributed by atoms with Gasteiger partial charge in [-0.3, -0.25) is 4.79 Å². The molecule has 0 fully saturated rings. The van der Waals surface area contributed by atoms with E-state index >= 15 is 0 Å². The van der Waals surface area contributed by atoms with Crippen LogP contribution in [-0.4, -0.2) is 58.6 Å². The zero-order valence-corrected chi connectivity index (χ0v) is 18.8. The summed E-state index contributed by atoms with van der Waals surface area (Å²) in [6.45, 7) is 6.03. The van der Waals surface area contributed by atoms with Gasteiger partial charge in [0.1, 0.15) is 5.82 Å². The summed E-state index contributed by atoms with van der Waals surface area (Å²) >= 11 is 1.60. The number of hydrogen-bond acceptors (Lipinski definition) is 7. The van der Waals surface area contributed by atoms with Crippen molar-refractivity contribution in [2.45, 2.75) is 32.0 Å². The highest BCUT2D eigenvalue weighted by Gasteiger charge is 2.13. The minimum atomic E-state index is -0.0997. The van der Waals surface area contributed by atoms with Crippen molar-refractivity contribution in [2.75, 3.05) is 43.2 Å². The Hall–Kier alpha value is -2.81. The van der Waals surface area contributed by atoms with Crippen molar-refractivity contribution < 1.29 is 4.79 Å². The number of nitrogens with one attached hydrogen (secondary N) is 2. The van der Waals surface area contributed by atoms with Gasteiger partial charge in [-0.2, -0.15) is 5.10 Å². The van der Waals surface area contributed by atoms with Gasteiger partial charge in [-0.05, 0) is 30.4 Å². The number of amides is 1. The molecule has 0 aliphatic carbocycles. The second kappa shape index (κ2) is 10.3. The van der Waals surface area contributed by atoms with E-state index in [2.05, 4.69) is 39.5 Å². The van der Waals surface area contributed by atoms with Crippen LogP contribution in [0.15, 0.2) is 35.6 Å². The topological polar surface area (TPSA) is 88.0 Å². The van der Waals surface area contributed by atoms with E-state index in [1.54, 1.807) is 18.0 Å². The highest BCUT2D eigenvalue weighted by molar-refractivity contribution is 7.99. The number of benzene rings is 1. The van der Waals surface area contributed by atoms with Gasteiger partial charge in [0.2, 0.25) is 0 Å². The Morgan fingerprint density at radius 2 is 2.03 bits per heavy atom. The maximum atomic E-state index is 12.5. The van der Waals surface area contributed by atoms with Gasteiger partial charge in [0, 0.05) is 38.4 Å². The zero-order chi connectivity index (χ0) is 21.5. The Balaban J connectivity index is 1.72. The molecule has 8 nitrogen and oxygen atoms in total. The molecule has 0 saturated carbocycles. The van der Waals surface area contributed by atoms with Crippen molar-refractivity contribution in [1.29, 1.82) is 0 Å². The van der Waals surface area contributed by atoms with Crippen molar-refractivity contribution in [3.05, 3.63) is 36.0 Å². The first-order chi connectivity index (χ1) is 14.5. The third-order valence-electron chi connectivity index (χ3n) is 4.53. The predicted molar refractivity (Wildman–Crippen MR) is 124 cm³/mol. The van der Waals surface area contributed by atoms with Gasteiger partial charge in [-0.25, -0.2) is 14.6 Å². The molecule has 0 radical (unpaired) electrons. The molecule has 0 unspecified atom stereocenters. The summed E-state index contributed by atoms with van der Waals surface area (Å²) in [5.74, 6) is 1.61. The monoisotopic (exact) mass is 427 g/mol. The molecular weight excluding hydrogens is 398 g/mol. The van der Waals surface area contributed by atoms with Crippen LogP contribution in [0.4, 0.5) is 11.5 Å². The summed E-state index contributed by atoms with van der Waals surface area (Å²) in [6.07, 6.45) is 2.80. The first-order valence-electron chi connectivity index (χ1n) is 10.2. The lowest BCUT2D eigenvalue weighted by molar-refractivity contribution is 0.0952. The summed E-state index contributed by atoms with van der Waals surface area (Å²) in [7, 11) is 3.91. The van der Waals surface area contributed by atoms with Crippen molar-refractivity contribution in [3.63, 3.8) is 0 Å². The molecule has 0 saturated heterocycles. The quantitative estimate of drug-likeness (QED) is 0.379. The normalized spacial score (nSPS) is 10.9. The Morgan fingerprint density at radius 3 is 2.77 bits per heavy atom. The first kappa shape index (κ1) is 21.9. The van der Waals surface area contributed by atoms with Gasteiger partial charge >= 0.3 is 0 Å². The van der Waals surface area contributed by atoms with E-state index in [1.807, 2.05) is 47.9 Å². The number of nitrogens with zero attached hydrogens (tertiary/aromatic N) is 5. The molecule has 3 rings (SSSR count). The number of rotatable bonds is 10. The molecule has 1 aromatic carbocycles. The number of fused-ring (bicyclic) bond motifs is 1. The summed E-state index contributed by atoms with van der Waals surface area (Å²) in [4.78, 5) is 23.8. The van der Waals surface area contributed by atoms with Gasteiger partial charge in [-0.15, -0.1) is 0 Å². The van der Waals surface area contributed by atoms with Crippen molar-refractivity contribution in [3.8, 4) is 0 Å². The van der Waals surface area contributed by atoms with Crippen LogP contribution in [0.25, 0.3) is 11.0 Å². The fourth-order valence-corrected chi connectivity index (χ4v) is 3.54. The molecule has 30 heavy (non-hydrogen) atoms. The Labute approximate surface area is 181 Å². The smallest absolute Gasteiger partial charge is 0.251 e. The molecule has 2 N–H and O–H groups in total. The van der Waals surface area contributed by atoms with Gasteiger partial charge in [0.05, 0.1) is 18.1 Å². The van der Waals surface area contributed by atoms with E-state index < -0.39 is 0 Å². The average molecular weight is 428 g/mol. The largest absolute Gasteiger partial charge is 0.378 e. The highest BCUT2D eigenvalue weighted by Crippen LogP contribution is 2.24. The molecule has 0 spiro atoms. The van der Waals surface area contributed by atoms with Crippen LogP contribution in [0.2, 0.25) is 0 Å². The van der Waals surface area contributed by atoms with Crippen LogP contribution in [0.5, 0.6) is 0 Å². The lowest BCUT2D eigenvalue weighted by atomic mass is 10.2. The SMILES string of the molecule is CCCNc1nc(SCC)nc2c1cnn2CCNC(=O)c1cccc(N(C)C)c1. The van der Waals surface area contributed by atoms with Gasteiger partial charge in [0.15, 0.2) is 10.8 Å². The van der Waals surface area contributed by atoms with Crippen LogP contribution in [-0.2, 0) is 6.54 Å². The van der Waals surface area contributed by atoms with Gasteiger partial charge in [0.25, 0.3) is 5.91 Å². The molecular formula is C21H29N7OS. The van der Waals surface area contributed by atoms with Gasteiger partial charge < -0.3 is 15.5 Å². The average Bonchev–Trinajstić information content (AvgIpc) is 3.15. The fraction of sp³-hybridized carbons (Fsp3) is 0.429. The van der Waals surface area contributed by atoms with E-state index in [9.17, 15) is 4.79 Å². The molecule has 160 valence electrons. The van der Waals surface area contributed by atoms with Crippen LogP contribution in [0.3, 0.4) is 0 Å². The van der Waals surface area contributed by atoms with Crippen LogP contribution >= 0.6 is 11.8 Å². The number of anilines is 2. The molecule has 2 heterocycles. The summed E-state index contributed by atoms with van der Waals surface area (Å²) in [5.41, 5.74) is 2.41. The number of hydrogen-bond donors (Lipinski definition) is 2. The molecule has 0 aliphatic heterocycles. The highest BCUT2D eigenvalue weighted by atomic mass is 32.2. The zero-order valence-electron chi connectivity index (χ0n) is 18.0. The minimum absolute atomic E-state index is 0.0997. The molecule has 0 aliphatic rings. The third-order valence-corrected chi connectivity index (χ3v) is 5.25. The number of aromatic nitrogens is 4. The minimum Gasteiger partial charge on any atom is -0.378 e. The van der Waals surface area contributed by atoms with Crippen LogP contribution in [0, 0.1) is 0 Å². The van der Waals surface area contributed by atoms with Gasteiger partial charge in [-0.1, -0.05) is 31.7 Å². The Morgan fingerprint density at radius 1 is 1.20 bits per heavy atom. The van der Waals surface area contributed by atoms with Crippen molar-refractivity contribution in [2.24, 2.45) is 0 Å².